The van der Waals surface area contributed by atoms with Crippen molar-refractivity contribution in [1.29, 1.82) is 0 Å². The SMILES string of the molecule is Cc1cn(N=Cc2ccc(F)c([N+](=O)[O-])c2)c(N)n1. The molecule has 7 nitrogen and oxygen atoms in total. The van der Waals surface area contributed by atoms with Gasteiger partial charge in [0.1, 0.15) is 0 Å². The van der Waals surface area contributed by atoms with Crippen LogP contribution >= 0.6 is 0 Å². The Kier molecular flexibility index (Phi) is 3.23. The molecule has 0 amide bonds. The lowest BCUT2D eigenvalue weighted by atomic mass is 10.2. The Balaban J connectivity index is 2.31. The fraction of sp³-hybridized carbons (Fsp3) is 0.0909. The van der Waals surface area contributed by atoms with E-state index in [0.29, 0.717) is 11.3 Å². The first-order valence-corrected chi connectivity index (χ1v) is 5.27. The number of hydrogen-bond acceptors (Lipinski definition) is 5. The number of anilines is 1. The number of nitro benzene ring substituents is 1. The highest BCUT2D eigenvalue weighted by Gasteiger charge is 2.13. The lowest BCUT2D eigenvalue weighted by Gasteiger charge is -1.97. The van der Waals surface area contributed by atoms with Crippen molar-refractivity contribution >= 4 is 17.9 Å². The second-order valence-electron chi connectivity index (χ2n) is 3.80. The van der Waals surface area contributed by atoms with Crippen LogP contribution in [0.2, 0.25) is 0 Å². The molecule has 0 aliphatic rings. The largest absolute Gasteiger partial charge is 0.368 e. The first-order chi connectivity index (χ1) is 8.97. The molecule has 0 aliphatic carbocycles. The average Bonchev–Trinajstić information content (AvgIpc) is 2.66. The molecule has 8 heteroatoms. The molecule has 0 saturated heterocycles. The van der Waals surface area contributed by atoms with Crippen LogP contribution in [0.5, 0.6) is 0 Å². The lowest BCUT2D eigenvalue weighted by Crippen LogP contribution is -1.98. The molecule has 2 aromatic rings. The summed E-state index contributed by atoms with van der Waals surface area (Å²) in [4.78, 5) is 13.7. The van der Waals surface area contributed by atoms with Crippen molar-refractivity contribution in [1.82, 2.24) is 9.66 Å². The summed E-state index contributed by atoms with van der Waals surface area (Å²) in [5.74, 6) is -0.689. The Morgan fingerprint density at radius 2 is 2.32 bits per heavy atom. The molecule has 0 radical (unpaired) electrons. The molecule has 2 N–H and O–H groups in total. The Labute approximate surface area is 107 Å². The molecule has 0 atom stereocenters. The number of imidazole rings is 1. The van der Waals surface area contributed by atoms with Crippen LogP contribution in [0.4, 0.5) is 16.0 Å². The summed E-state index contributed by atoms with van der Waals surface area (Å²) in [7, 11) is 0. The molecule has 0 spiro atoms. The van der Waals surface area contributed by atoms with E-state index in [1.165, 1.54) is 17.0 Å². The maximum atomic E-state index is 13.1. The van der Waals surface area contributed by atoms with E-state index in [-0.39, 0.29) is 5.95 Å². The zero-order valence-corrected chi connectivity index (χ0v) is 9.95. The van der Waals surface area contributed by atoms with Crippen LogP contribution in [0.15, 0.2) is 29.5 Å². The minimum Gasteiger partial charge on any atom is -0.368 e. The van der Waals surface area contributed by atoms with Crippen LogP contribution < -0.4 is 5.73 Å². The maximum absolute atomic E-state index is 13.1. The number of aryl methyl sites for hydroxylation is 1. The van der Waals surface area contributed by atoms with E-state index < -0.39 is 16.4 Å². The minimum atomic E-state index is -0.889. The first-order valence-electron chi connectivity index (χ1n) is 5.27. The monoisotopic (exact) mass is 263 g/mol. The van der Waals surface area contributed by atoms with Crippen LogP contribution in [0.3, 0.4) is 0 Å². The molecule has 1 heterocycles. The highest BCUT2D eigenvalue weighted by molar-refractivity contribution is 5.80. The lowest BCUT2D eigenvalue weighted by molar-refractivity contribution is -0.387. The molecule has 98 valence electrons. The predicted molar refractivity (Wildman–Crippen MR) is 67.4 cm³/mol. The van der Waals surface area contributed by atoms with E-state index in [9.17, 15) is 14.5 Å². The third-order valence-electron chi connectivity index (χ3n) is 2.33. The number of hydrogen-bond donors (Lipinski definition) is 1. The van der Waals surface area contributed by atoms with Crippen LogP contribution in [0.1, 0.15) is 11.3 Å². The molecule has 2 rings (SSSR count). The smallest absolute Gasteiger partial charge is 0.305 e. The Bertz CT molecular complexity index is 665. The summed E-state index contributed by atoms with van der Waals surface area (Å²) >= 11 is 0. The van der Waals surface area contributed by atoms with Gasteiger partial charge >= 0.3 is 5.69 Å². The van der Waals surface area contributed by atoms with Crippen molar-refractivity contribution in [2.24, 2.45) is 5.10 Å². The van der Waals surface area contributed by atoms with Gasteiger partial charge in [-0.05, 0) is 19.1 Å². The summed E-state index contributed by atoms with van der Waals surface area (Å²) in [6.07, 6.45) is 2.94. The van der Waals surface area contributed by atoms with E-state index in [4.69, 9.17) is 5.73 Å². The number of nitrogens with zero attached hydrogens (tertiary/aromatic N) is 4. The molecule has 0 fully saturated rings. The fourth-order valence-corrected chi connectivity index (χ4v) is 1.48. The van der Waals surface area contributed by atoms with Crippen molar-refractivity contribution in [3.63, 3.8) is 0 Å². The highest BCUT2D eigenvalue weighted by Crippen LogP contribution is 2.17. The Morgan fingerprint density at radius 1 is 1.58 bits per heavy atom. The summed E-state index contributed by atoms with van der Waals surface area (Å²) in [6, 6.07) is 3.49. The summed E-state index contributed by atoms with van der Waals surface area (Å²) in [5.41, 5.74) is 6.06. The quantitative estimate of drug-likeness (QED) is 0.517. The molecule has 0 bridgehead atoms. The van der Waals surface area contributed by atoms with E-state index in [1.807, 2.05) is 0 Å². The standard InChI is InChI=1S/C11H10FN5O2/c1-7-6-16(11(13)15-7)14-5-8-2-3-9(12)10(4-8)17(18)19/h2-6H,1H3,(H2,13,15). The number of benzene rings is 1. The van der Waals surface area contributed by atoms with Crippen LogP contribution in [0.25, 0.3) is 0 Å². The maximum Gasteiger partial charge on any atom is 0.305 e. The predicted octanol–water partition coefficient (Wildman–Crippen LogP) is 1.70. The van der Waals surface area contributed by atoms with E-state index in [1.54, 1.807) is 13.1 Å². The topological polar surface area (TPSA) is 99.3 Å². The van der Waals surface area contributed by atoms with Gasteiger partial charge in [0.15, 0.2) is 0 Å². The fourth-order valence-electron chi connectivity index (χ4n) is 1.48. The molecule has 0 aliphatic heterocycles. The Morgan fingerprint density at radius 3 is 2.89 bits per heavy atom. The summed E-state index contributed by atoms with van der Waals surface area (Å²) < 4.78 is 14.5. The van der Waals surface area contributed by atoms with Gasteiger partial charge in [-0.3, -0.25) is 10.1 Å². The molecule has 1 aromatic heterocycles. The number of rotatable bonds is 3. The molecule has 19 heavy (non-hydrogen) atoms. The van der Waals surface area contributed by atoms with Gasteiger partial charge in [-0.25, -0.2) is 9.66 Å². The normalized spacial score (nSPS) is 11.1. The number of aromatic nitrogens is 2. The van der Waals surface area contributed by atoms with Crippen molar-refractivity contribution in [3.05, 3.63) is 51.6 Å². The van der Waals surface area contributed by atoms with Gasteiger partial charge in [-0.15, -0.1) is 0 Å². The van der Waals surface area contributed by atoms with Gasteiger partial charge in [0.2, 0.25) is 11.8 Å². The van der Waals surface area contributed by atoms with Gasteiger partial charge in [-0.2, -0.15) is 9.49 Å². The summed E-state index contributed by atoms with van der Waals surface area (Å²) in [6.45, 7) is 1.76. The average molecular weight is 263 g/mol. The van der Waals surface area contributed by atoms with E-state index in [0.717, 1.165) is 12.1 Å². The molecular formula is C11H10FN5O2. The minimum absolute atomic E-state index is 0.199. The number of nitro groups is 1. The number of nitrogen functional groups attached to an aromatic ring is 1. The van der Waals surface area contributed by atoms with Crippen molar-refractivity contribution < 1.29 is 9.31 Å². The molecule has 1 aromatic carbocycles. The molecular weight excluding hydrogens is 253 g/mol. The second-order valence-corrected chi connectivity index (χ2v) is 3.80. The second kappa shape index (κ2) is 4.84. The third-order valence-corrected chi connectivity index (χ3v) is 2.33. The van der Waals surface area contributed by atoms with Gasteiger partial charge < -0.3 is 5.73 Å². The van der Waals surface area contributed by atoms with E-state index in [2.05, 4.69) is 10.1 Å². The van der Waals surface area contributed by atoms with Gasteiger partial charge in [0.05, 0.1) is 23.0 Å². The highest BCUT2D eigenvalue weighted by atomic mass is 19.1. The van der Waals surface area contributed by atoms with Crippen molar-refractivity contribution in [3.8, 4) is 0 Å². The van der Waals surface area contributed by atoms with Gasteiger partial charge in [0.25, 0.3) is 0 Å². The van der Waals surface area contributed by atoms with Crippen LogP contribution in [-0.2, 0) is 0 Å². The Hall–Kier alpha value is -2.77. The van der Waals surface area contributed by atoms with Crippen molar-refractivity contribution in [2.45, 2.75) is 6.92 Å². The van der Waals surface area contributed by atoms with Gasteiger partial charge in [0, 0.05) is 11.6 Å². The van der Waals surface area contributed by atoms with Crippen LogP contribution in [0, 0.1) is 22.9 Å². The third kappa shape index (κ3) is 2.73. The van der Waals surface area contributed by atoms with Gasteiger partial charge in [-0.1, -0.05) is 0 Å². The first kappa shape index (κ1) is 12.7. The molecule has 0 saturated carbocycles. The van der Waals surface area contributed by atoms with Crippen LogP contribution in [-0.4, -0.2) is 20.8 Å². The van der Waals surface area contributed by atoms with Crippen molar-refractivity contribution in [2.75, 3.05) is 5.73 Å². The molecule has 0 unspecified atom stereocenters. The zero-order valence-electron chi connectivity index (χ0n) is 9.95. The summed E-state index contributed by atoms with van der Waals surface area (Å²) in [5, 5.41) is 14.6. The van der Waals surface area contributed by atoms with E-state index >= 15 is 0 Å². The number of nitrogens with two attached hydrogens (primary N) is 1. The zero-order chi connectivity index (χ0) is 14.0. The number of halogens is 1.